The van der Waals surface area contributed by atoms with E-state index in [0.29, 0.717) is 11.1 Å². The molecule has 0 fully saturated rings. The Morgan fingerprint density at radius 2 is 1.73 bits per heavy atom. The number of fused-ring (bicyclic) bond motifs is 3. The van der Waals surface area contributed by atoms with Gasteiger partial charge in [0, 0.05) is 23.5 Å². The minimum absolute atomic E-state index is 0.0804. The van der Waals surface area contributed by atoms with E-state index in [2.05, 4.69) is 0 Å². The molecule has 4 rings (SSSR count). The molecule has 1 amide bonds. The number of phenols is 1. The molecule has 0 saturated heterocycles. The highest BCUT2D eigenvalue weighted by Crippen LogP contribution is 2.57. The number of esters is 1. The molecule has 40 heavy (non-hydrogen) atoms. The summed E-state index contributed by atoms with van der Waals surface area (Å²) in [5.74, 6) is -9.65. The third-order valence-corrected chi connectivity index (χ3v) is 8.47. The van der Waals surface area contributed by atoms with Gasteiger partial charge in [-0.05, 0) is 31.0 Å². The topological polar surface area (TPSA) is 188 Å². The maximum absolute atomic E-state index is 14.1. The molecule has 0 aromatic heterocycles. The van der Waals surface area contributed by atoms with Gasteiger partial charge in [-0.25, -0.2) is 0 Å². The number of nitrogens with zero attached hydrogens (tertiary/aromatic N) is 1. The molecule has 0 aliphatic heterocycles. The first-order chi connectivity index (χ1) is 18.4. The first kappa shape index (κ1) is 29.3. The number of primary amides is 1. The van der Waals surface area contributed by atoms with Crippen LogP contribution >= 0.6 is 0 Å². The molecule has 6 unspecified atom stereocenters. The van der Waals surface area contributed by atoms with Crippen molar-refractivity contribution in [3.8, 4) is 5.75 Å². The summed E-state index contributed by atoms with van der Waals surface area (Å²) in [6.45, 7) is 8.82. The van der Waals surface area contributed by atoms with Crippen molar-refractivity contribution in [3.63, 3.8) is 0 Å². The average Bonchev–Trinajstić information content (AvgIpc) is 2.84. The van der Waals surface area contributed by atoms with Crippen LogP contribution in [0.5, 0.6) is 5.75 Å². The van der Waals surface area contributed by atoms with Gasteiger partial charge in [0.1, 0.15) is 28.9 Å². The van der Waals surface area contributed by atoms with Gasteiger partial charge >= 0.3 is 5.97 Å². The van der Waals surface area contributed by atoms with Crippen LogP contribution in [0.4, 0.5) is 0 Å². The third kappa shape index (κ3) is 3.86. The lowest BCUT2D eigenvalue weighted by Gasteiger charge is -2.54. The summed E-state index contributed by atoms with van der Waals surface area (Å²) < 4.78 is 5.82. The number of benzene rings is 1. The van der Waals surface area contributed by atoms with E-state index < -0.39 is 87.0 Å². The smallest absolute Gasteiger partial charge is 0.305 e. The second kappa shape index (κ2) is 9.45. The zero-order valence-electron chi connectivity index (χ0n) is 23.6. The van der Waals surface area contributed by atoms with Crippen molar-refractivity contribution in [2.24, 2.45) is 17.6 Å². The Hall–Kier alpha value is -3.70. The molecule has 0 radical (unpaired) electrons. The van der Waals surface area contributed by atoms with E-state index in [1.807, 2.05) is 20.8 Å². The number of carbonyl (C=O) groups excluding carboxylic acids is 4. The Kier molecular flexibility index (Phi) is 6.92. The molecule has 3 aliphatic carbocycles. The molecular formula is C29H36N2O9. The number of nitrogens with two attached hydrogens (primary N) is 1. The van der Waals surface area contributed by atoms with E-state index >= 15 is 0 Å². The van der Waals surface area contributed by atoms with Crippen molar-refractivity contribution < 1.29 is 44.3 Å². The van der Waals surface area contributed by atoms with Crippen LogP contribution in [0.2, 0.25) is 0 Å². The number of phenolic OH excluding ortho intramolecular Hbond substituents is 1. The summed E-state index contributed by atoms with van der Waals surface area (Å²) in [6.07, 6.45) is -1.49. The predicted molar refractivity (Wildman–Crippen MR) is 143 cm³/mol. The fourth-order valence-electron chi connectivity index (χ4n) is 6.58. The molecule has 3 aliphatic rings. The van der Waals surface area contributed by atoms with Crippen LogP contribution in [-0.4, -0.2) is 80.6 Å². The number of carbonyl (C=O) groups is 4. The Labute approximate surface area is 231 Å². The van der Waals surface area contributed by atoms with Gasteiger partial charge < -0.3 is 30.9 Å². The van der Waals surface area contributed by atoms with E-state index in [9.17, 15) is 39.6 Å². The molecule has 1 aromatic rings. The number of aromatic hydroxyl groups is 1. The normalized spacial score (nSPS) is 30.2. The van der Waals surface area contributed by atoms with Crippen LogP contribution in [0.15, 0.2) is 34.8 Å². The standard InChI is InChI=1S/C29H36N2O9/c1-8-14(32)40-24-15-11(2)12-9-10-13(28(3,4)5)21(33)16(12)22(34)17(15)25(36)29(39)19(24)20(31(6)7)23(35)18(26(29)37)27(30)38/h9-11,15,19-20,24,33,35-36,39H,8H2,1-7H3,(H2,30,38). The van der Waals surface area contributed by atoms with Crippen molar-refractivity contribution in [1.29, 1.82) is 0 Å². The zero-order chi connectivity index (χ0) is 30.2. The highest BCUT2D eigenvalue weighted by atomic mass is 16.5. The summed E-state index contributed by atoms with van der Waals surface area (Å²) in [7, 11) is 3.00. The van der Waals surface area contributed by atoms with Gasteiger partial charge in [-0.2, -0.15) is 0 Å². The number of likely N-dealkylation sites (N-methyl/N-ethyl adjacent to an activating group) is 1. The minimum atomic E-state index is -2.96. The van der Waals surface area contributed by atoms with Crippen molar-refractivity contribution in [2.75, 3.05) is 14.1 Å². The van der Waals surface area contributed by atoms with Gasteiger partial charge in [0.05, 0.1) is 17.5 Å². The van der Waals surface area contributed by atoms with E-state index in [0.717, 1.165) is 0 Å². The molecule has 0 bridgehead atoms. The van der Waals surface area contributed by atoms with Crippen LogP contribution in [-0.2, 0) is 24.5 Å². The van der Waals surface area contributed by atoms with Gasteiger partial charge in [-0.1, -0.05) is 46.8 Å². The number of Topliss-reactive ketones (excluding diaryl/α,β-unsaturated/α-hetero) is 2. The van der Waals surface area contributed by atoms with E-state index in [-0.39, 0.29) is 17.7 Å². The Bertz CT molecular complexity index is 1400. The molecule has 1 aromatic carbocycles. The maximum atomic E-state index is 14.1. The molecule has 0 saturated carbocycles. The first-order valence-corrected chi connectivity index (χ1v) is 13.1. The van der Waals surface area contributed by atoms with Crippen LogP contribution < -0.4 is 5.73 Å². The van der Waals surface area contributed by atoms with Gasteiger partial charge in [-0.15, -0.1) is 0 Å². The van der Waals surface area contributed by atoms with Gasteiger partial charge in [0.15, 0.2) is 11.4 Å². The molecule has 6 N–H and O–H groups in total. The molecule has 0 heterocycles. The fraction of sp³-hybridized carbons (Fsp3) is 0.517. The number of ether oxygens (including phenoxy) is 1. The summed E-state index contributed by atoms with van der Waals surface area (Å²) >= 11 is 0. The predicted octanol–water partition coefficient (Wildman–Crippen LogP) is 1.91. The number of aliphatic hydroxyl groups is 3. The van der Waals surface area contributed by atoms with Gasteiger partial charge in [-0.3, -0.25) is 24.1 Å². The average molecular weight is 557 g/mol. The summed E-state index contributed by atoms with van der Waals surface area (Å²) in [5, 5.41) is 46.0. The number of aliphatic hydroxyl groups excluding tert-OH is 2. The molecular weight excluding hydrogens is 520 g/mol. The van der Waals surface area contributed by atoms with E-state index in [4.69, 9.17) is 10.5 Å². The Morgan fingerprint density at radius 3 is 2.23 bits per heavy atom. The van der Waals surface area contributed by atoms with Crippen molar-refractivity contribution >= 4 is 23.4 Å². The van der Waals surface area contributed by atoms with Crippen LogP contribution in [0.3, 0.4) is 0 Å². The highest BCUT2D eigenvalue weighted by Gasteiger charge is 2.68. The first-order valence-electron chi connectivity index (χ1n) is 13.1. The molecule has 216 valence electrons. The van der Waals surface area contributed by atoms with Crippen LogP contribution in [0.1, 0.15) is 68.4 Å². The number of amides is 1. The molecule has 11 heteroatoms. The Balaban J connectivity index is 2.11. The number of hydrogen-bond donors (Lipinski definition) is 5. The molecule has 11 nitrogen and oxygen atoms in total. The number of rotatable bonds is 4. The van der Waals surface area contributed by atoms with Crippen molar-refractivity contribution in [3.05, 3.63) is 51.5 Å². The summed E-state index contributed by atoms with van der Waals surface area (Å²) in [6, 6.07) is 2.09. The zero-order valence-corrected chi connectivity index (χ0v) is 23.6. The number of hydrogen-bond acceptors (Lipinski definition) is 10. The lowest BCUT2D eigenvalue weighted by Crippen LogP contribution is -2.69. The Morgan fingerprint density at radius 1 is 1.12 bits per heavy atom. The van der Waals surface area contributed by atoms with E-state index in [1.165, 1.54) is 19.0 Å². The lowest BCUT2D eigenvalue weighted by atomic mass is 9.55. The van der Waals surface area contributed by atoms with Crippen LogP contribution in [0, 0.1) is 11.8 Å². The van der Waals surface area contributed by atoms with Gasteiger partial charge in [0.2, 0.25) is 5.78 Å². The SMILES string of the molecule is CCC(=O)OC1C2C(=C(O)C3(O)C(=O)C(C(N)=O)=C(O)C(N(C)C)C13)C(=O)c1c(ccc(C(C)(C)C)c1O)C2C. The largest absolute Gasteiger partial charge is 0.510 e. The second-order valence-corrected chi connectivity index (χ2v) is 12.0. The van der Waals surface area contributed by atoms with Crippen molar-refractivity contribution in [2.45, 2.75) is 70.1 Å². The highest BCUT2D eigenvalue weighted by molar-refractivity contribution is 6.25. The summed E-state index contributed by atoms with van der Waals surface area (Å²) in [4.78, 5) is 54.2. The van der Waals surface area contributed by atoms with Gasteiger partial charge in [0.25, 0.3) is 5.91 Å². The fourth-order valence-corrected chi connectivity index (χ4v) is 6.58. The monoisotopic (exact) mass is 556 g/mol. The number of ketones is 2. The second-order valence-electron chi connectivity index (χ2n) is 12.0. The maximum Gasteiger partial charge on any atom is 0.305 e. The van der Waals surface area contributed by atoms with Crippen LogP contribution in [0.25, 0.3) is 0 Å². The van der Waals surface area contributed by atoms with Crippen molar-refractivity contribution in [1.82, 2.24) is 4.90 Å². The lowest BCUT2D eigenvalue weighted by molar-refractivity contribution is -0.180. The molecule has 0 spiro atoms. The molecule has 6 atom stereocenters. The quantitative estimate of drug-likeness (QED) is 0.271. The van der Waals surface area contributed by atoms with E-state index in [1.54, 1.807) is 26.0 Å². The minimum Gasteiger partial charge on any atom is -0.510 e. The summed E-state index contributed by atoms with van der Waals surface area (Å²) in [5.41, 5.74) is 1.35. The third-order valence-electron chi connectivity index (χ3n) is 8.47.